The highest BCUT2D eigenvalue weighted by Gasteiger charge is 2.26. The first-order chi connectivity index (χ1) is 15.4. The molecule has 168 valence electrons. The van der Waals surface area contributed by atoms with Crippen LogP contribution in [-0.2, 0) is 27.8 Å². The predicted molar refractivity (Wildman–Crippen MR) is 125 cm³/mol. The fraction of sp³-hybridized carbons (Fsp3) is 0.240. The van der Waals surface area contributed by atoms with Crippen LogP contribution in [0.1, 0.15) is 23.6 Å². The summed E-state index contributed by atoms with van der Waals surface area (Å²) in [6.07, 6.45) is 0.233. The number of hydrogen-bond donors (Lipinski definition) is 2. The van der Waals surface area contributed by atoms with Crippen molar-refractivity contribution in [3.8, 4) is 5.75 Å². The van der Waals surface area contributed by atoms with Crippen LogP contribution in [0.25, 0.3) is 0 Å². The molecule has 0 heterocycles. The topological polar surface area (TPSA) is 84.5 Å². The number of benzene rings is 3. The number of sulfonamides is 1. The van der Waals surface area contributed by atoms with Gasteiger partial charge in [-0.3, -0.25) is 4.79 Å². The first-order valence-electron chi connectivity index (χ1n) is 10.5. The van der Waals surface area contributed by atoms with E-state index >= 15 is 0 Å². The Hall–Kier alpha value is -3.16. The highest BCUT2D eigenvalue weighted by Crippen LogP contribution is 2.22. The number of carbonyl (C=O) groups excluding carboxylic acids is 1. The van der Waals surface area contributed by atoms with Gasteiger partial charge in [-0.1, -0.05) is 60.7 Å². The summed E-state index contributed by atoms with van der Waals surface area (Å²) >= 11 is 0. The normalized spacial score (nSPS) is 12.2. The summed E-state index contributed by atoms with van der Waals surface area (Å²) in [5.41, 5.74) is 2.50. The molecule has 2 N–H and O–H groups in total. The molecule has 7 heteroatoms. The Kier molecular flexibility index (Phi) is 8.03. The molecule has 6 nitrogen and oxygen atoms in total. The van der Waals surface area contributed by atoms with Crippen LogP contribution >= 0.6 is 0 Å². The second-order valence-corrected chi connectivity index (χ2v) is 9.14. The molecule has 0 spiro atoms. The lowest BCUT2D eigenvalue weighted by molar-refractivity contribution is -0.122. The molecule has 3 aromatic rings. The third-order valence-corrected chi connectivity index (χ3v) is 6.43. The molecule has 0 fully saturated rings. The summed E-state index contributed by atoms with van der Waals surface area (Å²) in [5, 5.41) is 2.84. The number of ether oxygens (including phenoxy) is 1. The van der Waals surface area contributed by atoms with Crippen molar-refractivity contribution in [3.05, 3.63) is 95.6 Å². The fourth-order valence-electron chi connectivity index (χ4n) is 3.31. The van der Waals surface area contributed by atoms with Crippen molar-refractivity contribution in [2.45, 2.75) is 37.8 Å². The van der Waals surface area contributed by atoms with Gasteiger partial charge in [0.25, 0.3) is 0 Å². The van der Waals surface area contributed by atoms with E-state index in [1.165, 1.54) is 6.07 Å². The van der Waals surface area contributed by atoms with E-state index in [1.54, 1.807) is 19.1 Å². The molecule has 32 heavy (non-hydrogen) atoms. The first kappa shape index (κ1) is 23.5. The molecule has 3 rings (SSSR count). The Balaban J connectivity index is 1.80. The number of carbonyl (C=O) groups is 1. The van der Waals surface area contributed by atoms with Crippen LogP contribution in [0.3, 0.4) is 0 Å². The largest absolute Gasteiger partial charge is 0.494 e. The minimum atomic E-state index is -3.93. The molecule has 0 saturated carbocycles. The maximum absolute atomic E-state index is 13.1. The van der Waals surface area contributed by atoms with Crippen molar-refractivity contribution in [2.75, 3.05) is 6.61 Å². The van der Waals surface area contributed by atoms with E-state index in [9.17, 15) is 13.2 Å². The van der Waals surface area contributed by atoms with Crippen molar-refractivity contribution >= 4 is 15.9 Å². The Labute approximate surface area is 189 Å². The maximum atomic E-state index is 13.1. The Morgan fingerprint density at radius 1 is 0.938 bits per heavy atom. The van der Waals surface area contributed by atoms with Gasteiger partial charge in [0, 0.05) is 6.54 Å². The molecular formula is C25H28N2O4S. The highest BCUT2D eigenvalue weighted by molar-refractivity contribution is 7.89. The minimum absolute atomic E-state index is 0.0902. The lowest BCUT2D eigenvalue weighted by Gasteiger charge is -2.19. The van der Waals surface area contributed by atoms with Gasteiger partial charge in [-0.2, -0.15) is 4.72 Å². The van der Waals surface area contributed by atoms with Gasteiger partial charge in [0.1, 0.15) is 11.8 Å². The summed E-state index contributed by atoms with van der Waals surface area (Å²) in [5.74, 6) is 0.247. The first-order valence-corrected chi connectivity index (χ1v) is 12.0. The van der Waals surface area contributed by atoms with E-state index in [4.69, 9.17) is 4.74 Å². The number of rotatable bonds is 10. The van der Waals surface area contributed by atoms with Crippen LogP contribution in [-0.4, -0.2) is 27.0 Å². The quantitative estimate of drug-likeness (QED) is 0.492. The van der Waals surface area contributed by atoms with E-state index < -0.39 is 16.1 Å². The summed E-state index contributed by atoms with van der Waals surface area (Å²) in [4.78, 5) is 13.1. The van der Waals surface area contributed by atoms with Gasteiger partial charge in [-0.05, 0) is 55.2 Å². The van der Waals surface area contributed by atoms with Crippen LogP contribution in [0.4, 0.5) is 0 Å². The average Bonchev–Trinajstić information content (AvgIpc) is 2.79. The summed E-state index contributed by atoms with van der Waals surface area (Å²) in [6, 6.07) is 22.5. The van der Waals surface area contributed by atoms with Crippen LogP contribution in [0.2, 0.25) is 0 Å². The Morgan fingerprint density at radius 2 is 1.56 bits per heavy atom. The minimum Gasteiger partial charge on any atom is -0.494 e. The molecule has 0 aliphatic heterocycles. The Morgan fingerprint density at radius 3 is 2.16 bits per heavy atom. The monoisotopic (exact) mass is 452 g/mol. The predicted octanol–water partition coefficient (Wildman–Crippen LogP) is 3.60. The molecule has 0 bridgehead atoms. The zero-order chi connectivity index (χ0) is 23.0. The van der Waals surface area contributed by atoms with Crippen molar-refractivity contribution < 1.29 is 17.9 Å². The molecule has 0 aromatic heterocycles. The van der Waals surface area contributed by atoms with E-state index in [0.29, 0.717) is 24.5 Å². The van der Waals surface area contributed by atoms with Crippen molar-refractivity contribution in [1.82, 2.24) is 10.0 Å². The van der Waals surface area contributed by atoms with Gasteiger partial charge >= 0.3 is 0 Å². The van der Waals surface area contributed by atoms with E-state index in [-0.39, 0.29) is 17.2 Å². The molecule has 0 radical (unpaired) electrons. The lowest BCUT2D eigenvalue weighted by atomic mass is 10.1. The van der Waals surface area contributed by atoms with Gasteiger partial charge in [0.05, 0.1) is 11.5 Å². The average molecular weight is 453 g/mol. The molecule has 3 aromatic carbocycles. The van der Waals surface area contributed by atoms with Crippen molar-refractivity contribution in [1.29, 1.82) is 0 Å². The summed E-state index contributed by atoms with van der Waals surface area (Å²) in [6.45, 7) is 4.46. The number of amides is 1. The third kappa shape index (κ3) is 6.42. The van der Waals surface area contributed by atoms with Crippen molar-refractivity contribution in [2.24, 2.45) is 0 Å². The SMILES string of the molecule is CCOc1ccc(S(=O)(=O)NC(Cc2ccccc2)C(=O)NCc2ccccc2)cc1C. The summed E-state index contributed by atoms with van der Waals surface area (Å²) in [7, 11) is -3.93. The number of aryl methyl sites for hydroxylation is 1. The van der Waals surface area contributed by atoms with E-state index in [0.717, 1.165) is 11.1 Å². The zero-order valence-corrected chi connectivity index (χ0v) is 19.1. The lowest BCUT2D eigenvalue weighted by Crippen LogP contribution is -2.47. The van der Waals surface area contributed by atoms with Gasteiger partial charge in [0.2, 0.25) is 15.9 Å². The number of hydrogen-bond acceptors (Lipinski definition) is 4. The molecule has 1 amide bonds. The molecule has 0 aliphatic carbocycles. The Bertz CT molecular complexity index is 1130. The van der Waals surface area contributed by atoms with Gasteiger partial charge in [0.15, 0.2) is 0 Å². The van der Waals surface area contributed by atoms with Gasteiger partial charge in [-0.15, -0.1) is 0 Å². The van der Waals surface area contributed by atoms with Crippen molar-refractivity contribution in [3.63, 3.8) is 0 Å². The zero-order valence-electron chi connectivity index (χ0n) is 18.2. The van der Waals surface area contributed by atoms with Crippen LogP contribution in [0.15, 0.2) is 83.8 Å². The van der Waals surface area contributed by atoms with Crippen LogP contribution in [0.5, 0.6) is 5.75 Å². The molecule has 1 atom stereocenters. The van der Waals surface area contributed by atoms with Gasteiger partial charge in [-0.25, -0.2) is 8.42 Å². The van der Waals surface area contributed by atoms with E-state index in [1.807, 2.05) is 67.6 Å². The molecular weight excluding hydrogens is 424 g/mol. The fourth-order valence-corrected chi connectivity index (χ4v) is 4.59. The summed E-state index contributed by atoms with van der Waals surface area (Å²) < 4.78 is 34.3. The standard InChI is InChI=1S/C25H28N2O4S/c1-3-31-24-15-14-22(16-19(24)2)32(29,30)27-23(17-20-10-6-4-7-11-20)25(28)26-18-21-12-8-5-9-13-21/h4-16,23,27H,3,17-18H2,1-2H3,(H,26,28). The molecule has 1 unspecified atom stereocenters. The maximum Gasteiger partial charge on any atom is 0.241 e. The second-order valence-electron chi connectivity index (χ2n) is 7.43. The molecule has 0 aliphatic rings. The smallest absolute Gasteiger partial charge is 0.241 e. The second kappa shape index (κ2) is 10.9. The van der Waals surface area contributed by atoms with Gasteiger partial charge < -0.3 is 10.1 Å². The third-order valence-electron chi connectivity index (χ3n) is 4.96. The molecule has 0 saturated heterocycles. The van der Waals surface area contributed by atoms with E-state index in [2.05, 4.69) is 10.0 Å². The van der Waals surface area contributed by atoms with Crippen LogP contribution < -0.4 is 14.8 Å². The van der Waals surface area contributed by atoms with Crippen LogP contribution in [0, 0.1) is 6.92 Å². The number of nitrogens with one attached hydrogen (secondary N) is 2. The highest BCUT2D eigenvalue weighted by atomic mass is 32.2.